The summed E-state index contributed by atoms with van der Waals surface area (Å²) in [5.74, 6) is -0.505. The maximum Gasteiger partial charge on any atom is 0.240 e. The maximum absolute atomic E-state index is 11.8. The molecule has 0 bridgehead atoms. The quantitative estimate of drug-likeness (QED) is 0.774. The summed E-state index contributed by atoms with van der Waals surface area (Å²) in [6.45, 7) is 9.27. The highest BCUT2D eigenvalue weighted by molar-refractivity contribution is 7.92. The lowest BCUT2D eigenvalue weighted by Crippen LogP contribution is -2.50. The molecule has 0 fully saturated rings. The molecule has 0 rings (SSSR count). The van der Waals surface area contributed by atoms with Crippen molar-refractivity contribution in [2.45, 2.75) is 51.8 Å². The van der Waals surface area contributed by atoms with E-state index in [4.69, 9.17) is 5.73 Å². The Kier molecular flexibility index (Phi) is 5.38. The van der Waals surface area contributed by atoms with E-state index in [-0.39, 0.29) is 18.0 Å². The molecular formula is C12H26N2O3S. The lowest BCUT2D eigenvalue weighted by Gasteiger charge is -2.26. The summed E-state index contributed by atoms with van der Waals surface area (Å²) in [4.78, 5) is 11.8. The zero-order valence-electron chi connectivity index (χ0n) is 12.2. The average Bonchev–Trinajstić information content (AvgIpc) is 2.09. The van der Waals surface area contributed by atoms with E-state index >= 15 is 0 Å². The van der Waals surface area contributed by atoms with Crippen molar-refractivity contribution in [3.8, 4) is 0 Å². The van der Waals surface area contributed by atoms with Crippen LogP contribution in [-0.2, 0) is 14.6 Å². The number of rotatable bonds is 5. The molecule has 18 heavy (non-hydrogen) atoms. The van der Waals surface area contributed by atoms with Gasteiger partial charge in [0.1, 0.15) is 4.75 Å². The molecule has 3 N–H and O–H groups in total. The average molecular weight is 278 g/mol. The summed E-state index contributed by atoms with van der Waals surface area (Å²) in [5, 5.41) is 2.61. The molecule has 1 unspecified atom stereocenters. The molecule has 108 valence electrons. The number of hydrogen-bond acceptors (Lipinski definition) is 4. The van der Waals surface area contributed by atoms with Crippen molar-refractivity contribution in [2.75, 3.05) is 12.8 Å². The van der Waals surface area contributed by atoms with Crippen molar-refractivity contribution < 1.29 is 13.2 Å². The summed E-state index contributed by atoms with van der Waals surface area (Å²) in [7, 11) is -3.44. The van der Waals surface area contributed by atoms with Crippen molar-refractivity contribution in [2.24, 2.45) is 11.1 Å². The largest absolute Gasteiger partial charge is 0.353 e. The van der Waals surface area contributed by atoms with Gasteiger partial charge in [-0.2, -0.15) is 0 Å². The fourth-order valence-electron chi connectivity index (χ4n) is 1.46. The summed E-state index contributed by atoms with van der Waals surface area (Å²) in [6.07, 6.45) is 1.81. The molecule has 5 nitrogen and oxygen atoms in total. The van der Waals surface area contributed by atoms with Crippen LogP contribution in [0.25, 0.3) is 0 Å². The van der Waals surface area contributed by atoms with E-state index in [9.17, 15) is 13.2 Å². The molecule has 1 atom stereocenters. The maximum atomic E-state index is 11.8. The fourth-order valence-corrected chi connectivity index (χ4v) is 1.87. The lowest BCUT2D eigenvalue weighted by molar-refractivity contribution is -0.122. The number of carbonyl (C=O) groups excluding carboxylic acids is 1. The second kappa shape index (κ2) is 5.57. The smallest absolute Gasteiger partial charge is 0.240 e. The van der Waals surface area contributed by atoms with Gasteiger partial charge in [-0.15, -0.1) is 0 Å². The van der Waals surface area contributed by atoms with Crippen LogP contribution >= 0.6 is 0 Å². The Morgan fingerprint density at radius 2 is 1.67 bits per heavy atom. The third kappa shape index (κ3) is 5.35. The number of hydrogen-bond donors (Lipinski definition) is 2. The van der Waals surface area contributed by atoms with Crippen LogP contribution in [0, 0.1) is 5.41 Å². The molecule has 6 heteroatoms. The van der Waals surface area contributed by atoms with E-state index in [1.807, 2.05) is 0 Å². The molecule has 0 aromatic heterocycles. The van der Waals surface area contributed by atoms with Crippen LogP contribution in [0.3, 0.4) is 0 Å². The summed E-state index contributed by atoms with van der Waals surface area (Å²) in [6, 6.07) is -0.177. The van der Waals surface area contributed by atoms with Crippen LogP contribution in [0.5, 0.6) is 0 Å². The first-order chi connectivity index (χ1) is 7.77. The van der Waals surface area contributed by atoms with Crippen LogP contribution in [0.15, 0.2) is 0 Å². The number of nitrogens with one attached hydrogen (secondary N) is 1. The van der Waals surface area contributed by atoms with Crippen LogP contribution in [0.1, 0.15) is 41.0 Å². The highest BCUT2D eigenvalue weighted by atomic mass is 32.2. The van der Waals surface area contributed by atoms with Gasteiger partial charge < -0.3 is 11.1 Å². The fraction of sp³-hybridized carbons (Fsp3) is 0.917. The van der Waals surface area contributed by atoms with Gasteiger partial charge in [-0.3, -0.25) is 4.79 Å². The Morgan fingerprint density at radius 3 is 2.00 bits per heavy atom. The van der Waals surface area contributed by atoms with Gasteiger partial charge in [0.15, 0.2) is 9.84 Å². The van der Waals surface area contributed by atoms with E-state index in [1.165, 1.54) is 13.8 Å². The summed E-state index contributed by atoms with van der Waals surface area (Å²) >= 11 is 0. The monoisotopic (exact) mass is 278 g/mol. The molecule has 1 amide bonds. The normalized spacial score (nSPS) is 15.3. The van der Waals surface area contributed by atoms with E-state index in [0.29, 0.717) is 0 Å². The minimum atomic E-state index is -3.44. The van der Waals surface area contributed by atoms with Gasteiger partial charge in [0.2, 0.25) is 5.91 Å². The van der Waals surface area contributed by atoms with Crippen molar-refractivity contribution in [1.29, 1.82) is 0 Å². The van der Waals surface area contributed by atoms with Crippen LogP contribution in [-0.4, -0.2) is 37.9 Å². The minimum Gasteiger partial charge on any atom is -0.353 e. The van der Waals surface area contributed by atoms with Crippen LogP contribution in [0.2, 0.25) is 0 Å². The Balaban J connectivity index is 4.45. The zero-order valence-corrected chi connectivity index (χ0v) is 13.0. The first kappa shape index (κ1) is 17.4. The zero-order chi connectivity index (χ0) is 14.8. The Labute approximate surface area is 110 Å². The van der Waals surface area contributed by atoms with E-state index in [0.717, 1.165) is 12.7 Å². The van der Waals surface area contributed by atoms with E-state index in [2.05, 4.69) is 26.1 Å². The van der Waals surface area contributed by atoms with Gasteiger partial charge in [0.05, 0.1) is 0 Å². The predicted octanol–water partition coefficient (Wildman–Crippen LogP) is 0.689. The third-order valence-electron chi connectivity index (χ3n) is 2.87. The topological polar surface area (TPSA) is 89.3 Å². The predicted molar refractivity (Wildman–Crippen MR) is 74.0 cm³/mol. The molecule has 0 heterocycles. The van der Waals surface area contributed by atoms with Gasteiger partial charge in [-0.25, -0.2) is 8.42 Å². The van der Waals surface area contributed by atoms with Gasteiger partial charge in [-0.1, -0.05) is 20.8 Å². The molecule has 0 aromatic carbocycles. The highest BCUT2D eigenvalue weighted by Gasteiger charge is 2.38. The second-order valence-electron chi connectivity index (χ2n) is 6.52. The van der Waals surface area contributed by atoms with E-state index in [1.54, 1.807) is 0 Å². The summed E-state index contributed by atoms with van der Waals surface area (Å²) in [5.41, 5.74) is 5.98. The summed E-state index contributed by atoms with van der Waals surface area (Å²) < 4.78 is 21.5. The molecule has 0 aliphatic rings. The SMILES string of the molecule is CC(C)(C)CC(N)CNC(=O)C(C)(C)S(C)(=O)=O. The first-order valence-electron chi connectivity index (χ1n) is 6.01. The molecule has 0 aliphatic heterocycles. The third-order valence-corrected chi connectivity index (χ3v) is 4.91. The molecular weight excluding hydrogens is 252 g/mol. The minimum absolute atomic E-state index is 0.0799. The Hall–Kier alpha value is -0.620. The van der Waals surface area contributed by atoms with Crippen LogP contribution in [0.4, 0.5) is 0 Å². The molecule has 0 aliphatic carbocycles. The van der Waals surface area contributed by atoms with Crippen molar-refractivity contribution in [3.63, 3.8) is 0 Å². The number of carbonyl (C=O) groups is 1. The van der Waals surface area contributed by atoms with Crippen molar-refractivity contribution in [3.05, 3.63) is 0 Å². The number of sulfone groups is 1. The van der Waals surface area contributed by atoms with Gasteiger partial charge >= 0.3 is 0 Å². The van der Waals surface area contributed by atoms with Crippen LogP contribution < -0.4 is 11.1 Å². The number of amides is 1. The van der Waals surface area contributed by atoms with Crippen molar-refractivity contribution >= 4 is 15.7 Å². The number of nitrogens with two attached hydrogens (primary N) is 1. The van der Waals surface area contributed by atoms with Gasteiger partial charge in [0, 0.05) is 18.8 Å². The molecule has 0 saturated carbocycles. The Morgan fingerprint density at radius 1 is 1.22 bits per heavy atom. The molecule has 0 aromatic rings. The highest BCUT2D eigenvalue weighted by Crippen LogP contribution is 2.20. The van der Waals surface area contributed by atoms with Gasteiger partial charge in [0.25, 0.3) is 0 Å². The molecule has 0 spiro atoms. The van der Waals surface area contributed by atoms with Gasteiger partial charge in [-0.05, 0) is 25.7 Å². The van der Waals surface area contributed by atoms with Crippen molar-refractivity contribution in [1.82, 2.24) is 5.32 Å². The molecule has 0 radical (unpaired) electrons. The molecule has 0 saturated heterocycles. The lowest BCUT2D eigenvalue weighted by atomic mass is 9.88. The Bertz CT molecular complexity index is 394. The first-order valence-corrected chi connectivity index (χ1v) is 7.90. The second-order valence-corrected chi connectivity index (χ2v) is 9.08. The standard InChI is InChI=1S/C12H26N2O3S/c1-11(2,3)7-9(13)8-14-10(15)12(4,5)18(6,16)17/h9H,7-8,13H2,1-6H3,(H,14,15). The van der Waals surface area contributed by atoms with E-state index < -0.39 is 20.5 Å².